The lowest BCUT2D eigenvalue weighted by Gasteiger charge is -2.44. The van der Waals surface area contributed by atoms with Crippen molar-refractivity contribution in [3.8, 4) is 11.3 Å². The molecule has 0 bridgehead atoms. The molecule has 0 spiro atoms. The van der Waals surface area contributed by atoms with Gasteiger partial charge in [0.15, 0.2) is 0 Å². The first-order chi connectivity index (χ1) is 19.4. The van der Waals surface area contributed by atoms with Gasteiger partial charge in [-0.2, -0.15) is 15.1 Å². The quantitative estimate of drug-likeness (QED) is 0.246. The summed E-state index contributed by atoms with van der Waals surface area (Å²) < 4.78 is 7.97. The fourth-order valence-corrected chi connectivity index (χ4v) is 6.98. The molecule has 2 aromatic heterocycles. The minimum atomic E-state index is -0.916. The Bertz CT molecular complexity index is 1540. The first-order valence-corrected chi connectivity index (χ1v) is 15.0. The van der Waals surface area contributed by atoms with E-state index in [1.165, 1.54) is 21.5 Å². The predicted octanol–water partition coefficient (Wildman–Crippen LogP) is 6.22. The molecule has 1 saturated carbocycles. The van der Waals surface area contributed by atoms with E-state index >= 15 is 0 Å². The van der Waals surface area contributed by atoms with Gasteiger partial charge < -0.3 is 9.84 Å². The molecular weight excluding hydrogens is 534 g/mol. The monoisotopic (exact) mass is 574 g/mol. The molecule has 5 rings (SSSR count). The number of urea groups is 1. The highest BCUT2D eigenvalue weighted by Crippen LogP contribution is 2.43. The van der Waals surface area contributed by atoms with Crippen LogP contribution in [0.1, 0.15) is 58.6 Å². The Labute approximate surface area is 245 Å². The van der Waals surface area contributed by atoms with Gasteiger partial charge in [-0.25, -0.2) is 4.58 Å². The first-order valence-electron chi connectivity index (χ1n) is 14.2. The number of hydrogen-bond donors (Lipinski definition) is 2. The number of pyridine rings is 1. The van der Waals surface area contributed by atoms with Crippen LogP contribution in [0.4, 0.5) is 9.93 Å². The lowest BCUT2D eigenvalue weighted by Crippen LogP contribution is -2.43. The zero-order chi connectivity index (χ0) is 29.5. The van der Waals surface area contributed by atoms with E-state index in [9.17, 15) is 9.90 Å². The van der Waals surface area contributed by atoms with Crippen molar-refractivity contribution in [2.45, 2.75) is 71.1 Å². The number of allylic oxidation sites excluding steroid dienone is 1. The molecule has 216 valence electrons. The standard InChI is InChI=1S/C32H39N5O3S/c1-8-37(6)30(38)36-29-35-26-15-22(23-11-19(2)28(34-18-23)31(3,4)39)14-24(27(26)41-29)25-13-20(9-10-33-25)12-21-16-32(5,17-21)40-7/h9-11,13-15,18-19,21,28,39H,6,8,12,16-17H2,1-5,7H3/p+1. The van der Waals surface area contributed by atoms with Gasteiger partial charge in [-0.3, -0.25) is 9.98 Å². The van der Waals surface area contributed by atoms with Crippen LogP contribution < -0.4 is 5.32 Å². The summed E-state index contributed by atoms with van der Waals surface area (Å²) in [6.45, 7) is 14.0. The summed E-state index contributed by atoms with van der Waals surface area (Å²) >= 11 is 1.43. The fraction of sp³-hybridized carbons (Fsp3) is 0.469. The Balaban J connectivity index is 1.54. The highest BCUT2D eigenvalue weighted by atomic mass is 32.1. The average molecular weight is 575 g/mol. The van der Waals surface area contributed by atoms with Crippen molar-refractivity contribution in [3.63, 3.8) is 0 Å². The van der Waals surface area contributed by atoms with Crippen LogP contribution in [0.2, 0.25) is 0 Å². The number of carbonyl (C=O) groups excluding carboxylic acids is 1. The summed E-state index contributed by atoms with van der Waals surface area (Å²) in [4.78, 5) is 26.8. The van der Waals surface area contributed by atoms with E-state index in [0.29, 0.717) is 17.6 Å². The summed E-state index contributed by atoms with van der Waals surface area (Å²) in [6, 6.07) is 7.91. The number of aromatic nitrogens is 2. The number of hydrogen-bond acceptors (Lipinski definition) is 7. The van der Waals surface area contributed by atoms with Crippen molar-refractivity contribution < 1.29 is 19.2 Å². The molecule has 2 N–H and O–H groups in total. The Kier molecular flexibility index (Phi) is 7.98. The van der Waals surface area contributed by atoms with Crippen LogP contribution in [0.15, 0.2) is 41.5 Å². The first kappa shape index (κ1) is 29.2. The lowest BCUT2D eigenvalue weighted by molar-refractivity contribution is -0.409. The normalized spacial score (nSPS) is 24.2. The second-order valence-electron chi connectivity index (χ2n) is 12.2. The molecule has 1 aromatic carbocycles. The van der Waals surface area contributed by atoms with Gasteiger partial charge in [-0.05, 0) is 93.8 Å². The van der Waals surface area contributed by atoms with Crippen LogP contribution in [-0.4, -0.2) is 69.5 Å². The molecule has 2 aliphatic rings. The van der Waals surface area contributed by atoms with E-state index in [4.69, 9.17) is 19.7 Å². The minimum absolute atomic E-state index is 0.0114. The predicted molar refractivity (Wildman–Crippen MR) is 167 cm³/mol. The third-order valence-electron chi connectivity index (χ3n) is 8.30. The van der Waals surface area contributed by atoms with Crippen molar-refractivity contribution in [3.05, 3.63) is 47.7 Å². The molecule has 1 aliphatic carbocycles. The fourth-order valence-electron chi connectivity index (χ4n) is 6.02. The number of ether oxygens (including phenoxy) is 1. The van der Waals surface area contributed by atoms with E-state index in [2.05, 4.69) is 50.2 Å². The van der Waals surface area contributed by atoms with E-state index in [0.717, 1.165) is 51.9 Å². The molecule has 1 aliphatic heterocycles. The van der Waals surface area contributed by atoms with Crippen LogP contribution in [-0.2, 0) is 11.2 Å². The lowest BCUT2D eigenvalue weighted by atomic mass is 9.69. The number of methoxy groups -OCH3 is 1. The molecule has 2 atom stereocenters. The average Bonchev–Trinajstić information content (AvgIpc) is 3.32. The number of nitrogens with zero attached hydrogens (tertiary/aromatic N) is 4. The van der Waals surface area contributed by atoms with Gasteiger partial charge in [0.05, 0.1) is 46.4 Å². The van der Waals surface area contributed by atoms with Crippen molar-refractivity contribution in [1.82, 2.24) is 9.97 Å². The van der Waals surface area contributed by atoms with Gasteiger partial charge in [0, 0.05) is 31.0 Å². The van der Waals surface area contributed by atoms with Crippen molar-refractivity contribution >= 4 is 51.2 Å². The molecule has 1 fully saturated rings. The number of amides is 2. The van der Waals surface area contributed by atoms with Crippen LogP contribution in [0.5, 0.6) is 0 Å². The molecule has 41 heavy (non-hydrogen) atoms. The van der Waals surface area contributed by atoms with Crippen molar-refractivity contribution in [2.75, 3.05) is 19.0 Å². The second kappa shape index (κ2) is 11.2. The van der Waals surface area contributed by atoms with Crippen LogP contribution >= 0.6 is 11.3 Å². The summed E-state index contributed by atoms with van der Waals surface area (Å²) in [5.41, 5.74) is 4.86. The molecule has 9 heteroatoms. The minimum Gasteiger partial charge on any atom is -0.388 e. The van der Waals surface area contributed by atoms with Crippen molar-refractivity contribution in [2.24, 2.45) is 16.8 Å². The Morgan fingerprint density at radius 2 is 2.07 bits per heavy atom. The number of aliphatic imine (C=N–C) groups is 1. The van der Waals surface area contributed by atoms with Crippen LogP contribution in [0.3, 0.4) is 0 Å². The van der Waals surface area contributed by atoms with E-state index in [1.54, 1.807) is 21.0 Å². The zero-order valence-corrected chi connectivity index (χ0v) is 25.6. The third-order valence-corrected chi connectivity index (χ3v) is 9.32. The molecule has 3 aromatic rings. The van der Waals surface area contributed by atoms with Gasteiger partial charge >= 0.3 is 6.03 Å². The van der Waals surface area contributed by atoms with E-state index in [1.807, 2.05) is 25.4 Å². The van der Waals surface area contributed by atoms with Crippen molar-refractivity contribution in [1.29, 1.82) is 0 Å². The Morgan fingerprint density at radius 1 is 1.32 bits per heavy atom. The smallest absolute Gasteiger partial charge is 0.388 e. The number of rotatable bonds is 8. The Morgan fingerprint density at radius 3 is 2.73 bits per heavy atom. The molecule has 0 saturated heterocycles. The summed E-state index contributed by atoms with van der Waals surface area (Å²) in [7, 11) is 1.79. The molecule has 2 unspecified atom stereocenters. The maximum absolute atomic E-state index is 12.5. The molecular formula is C32H40N5O3S+. The van der Waals surface area contributed by atoms with Gasteiger partial charge in [-0.15, -0.1) is 0 Å². The molecule has 0 radical (unpaired) electrons. The number of nitrogens with one attached hydrogen (secondary N) is 1. The summed E-state index contributed by atoms with van der Waals surface area (Å²) in [5.74, 6) is 0.642. The maximum atomic E-state index is 12.5. The number of fused-ring (bicyclic) bond motifs is 1. The van der Waals surface area contributed by atoms with E-state index < -0.39 is 5.60 Å². The number of benzene rings is 1. The summed E-state index contributed by atoms with van der Waals surface area (Å²) in [5, 5.41) is 14.0. The molecule has 2 amide bonds. The number of thiazole rings is 1. The van der Waals surface area contributed by atoms with Gasteiger partial charge in [0.2, 0.25) is 0 Å². The van der Waals surface area contributed by atoms with Crippen LogP contribution in [0, 0.1) is 11.8 Å². The number of carbonyl (C=O) groups is 1. The maximum Gasteiger partial charge on any atom is 0.497 e. The molecule has 8 nitrogen and oxygen atoms in total. The second-order valence-corrected chi connectivity index (χ2v) is 13.2. The number of aliphatic hydroxyl groups is 1. The zero-order valence-electron chi connectivity index (χ0n) is 24.8. The topological polar surface area (TPSA) is 99.7 Å². The molecule has 3 heterocycles. The highest BCUT2D eigenvalue weighted by Gasteiger charge is 2.40. The summed E-state index contributed by atoms with van der Waals surface area (Å²) in [6.07, 6.45) is 8.96. The third kappa shape index (κ3) is 6.17. The van der Waals surface area contributed by atoms with Crippen LogP contribution in [0.25, 0.3) is 27.0 Å². The largest absolute Gasteiger partial charge is 0.497 e. The SMILES string of the molecule is C=[N+](CC)C(=O)Nc1nc2cc(C3=CC(C)C(C(C)(C)O)N=C3)cc(-c3cc(CC4CC(C)(OC)C4)ccn3)c2s1. The van der Waals surface area contributed by atoms with Gasteiger partial charge in [0.1, 0.15) is 0 Å². The number of dihydropyridines is 1. The number of anilines is 1. The van der Waals surface area contributed by atoms with Gasteiger partial charge in [0.25, 0.3) is 5.13 Å². The Hall–Kier alpha value is -3.27. The van der Waals surface area contributed by atoms with Gasteiger partial charge in [-0.1, -0.05) is 24.3 Å². The van der Waals surface area contributed by atoms with E-state index in [-0.39, 0.29) is 23.6 Å². The highest BCUT2D eigenvalue weighted by molar-refractivity contribution is 7.22.